The topological polar surface area (TPSA) is 53.1 Å². The fourth-order valence-corrected chi connectivity index (χ4v) is 4.69. The molecule has 2 saturated heterocycles. The highest BCUT2D eigenvalue weighted by molar-refractivity contribution is 6.42. The third-order valence-electron chi connectivity index (χ3n) is 6.04. The normalized spacial score (nSPS) is 22.1. The summed E-state index contributed by atoms with van der Waals surface area (Å²) in [5.41, 5.74) is 3.07. The number of halogens is 2. The van der Waals surface area contributed by atoms with Gasteiger partial charge in [-0.25, -0.2) is 9.96 Å². The molecule has 3 aromatic rings. The summed E-state index contributed by atoms with van der Waals surface area (Å²) in [4.78, 5) is 36.3. The van der Waals surface area contributed by atoms with E-state index in [1.54, 1.807) is 17.2 Å². The molecular weight excluding hydrogens is 461 g/mol. The molecule has 0 aliphatic carbocycles. The van der Waals surface area contributed by atoms with Crippen LogP contribution >= 0.6 is 23.2 Å². The standard InChI is InChI=1S/C25H21Cl2N3O3/c1-28(2)16-10-8-15(9-11-16)22-21-23(33-30(22)17-6-4-3-5-7-17)25(32)29(24(21)31)18-12-13-19(26)20(27)14-18/h3-14,21-23H,1-2H3/t21-,22-,23-/m0/s1. The Kier molecular flexibility index (Phi) is 5.52. The number of hydrogen-bond donors (Lipinski definition) is 0. The van der Waals surface area contributed by atoms with Crippen molar-refractivity contribution in [3.05, 3.63) is 88.4 Å². The van der Waals surface area contributed by atoms with Crippen LogP contribution in [0, 0.1) is 5.92 Å². The number of hydroxylamine groups is 1. The minimum atomic E-state index is -0.939. The molecule has 6 nitrogen and oxygen atoms in total. The van der Waals surface area contributed by atoms with Crippen molar-refractivity contribution in [2.75, 3.05) is 29.0 Å². The second-order valence-electron chi connectivity index (χ2n) is 8.25. The maximum absolute atomic E-state index is 13.6. The number of benzene rings is 3. The molecule has 2 heterocycles. The number of carbonyl (C=O) groups excluding carboxylic acids is 2. The number of fused-ring (bicyclic) bond motifs is 1. The number of amides is 2. The Balaban J connectivity index is 1.57. The van der Waals surface area contributed by atoms with Gasteiger partial charge in [-0.3, -0.25) is 14.4 Å². The average molecular weight is 482 g/mol. The van der Waals surface area contributed by atoms with E-state index in [0.29, 0.717) is 10.7 Å². The largest absolute Gasteiger partial charge is 0.378 e. The smallest absolute Gasteiger partial charge is 0.266 e. The lowest BCUT2D eigenvalue weighted by atomic mass is 9.90. The summed E-state index contributed by atoms with van der Waals surface area (Å²) in [5.74, 6) is -1.46. The molecule has 0 unspecified atom stereocenters. The predicted molar refractivity (Wildman–Crippen MR) is 130 cm³/mol. The SMILES string of the molecule is CN(C)c1ccc([C@H]2[C@@H]3C(=O)N(c4ccc(Cl)c(Cl)c4)C(=O)[C@H]3ON2c2ccccc2)cc1. The van der Waals surface area contributed by atoms with Crippen LogP contribution in [0.5, 0.6) is 0 Å². The van der Waals surface area contributed by atoms with Gasteiger partial charge in [0, 0.05) is 19.8 Å². The van der Waals surface area contributed by atoms with E-state index in [1.165, 1.54) is 6.07 Å². The van der Waals surface area contributed by atoms with E-state index in [-0.39, 0.29) is 10.9 Å². The van der Waals surface area contributed by atoms with Crippen molar-refractivity contribution in [1.29, 1.82) is 0 Å². The molecule has 3 aromatic carbocycles. The first-order valence-electron chi connectivity index (χ1n) is 10.5. The zero-order chi connectivity index (χ0) is 23.3. The molecule has 3 atom stereocenters. The van der Waals surface area contributed by atoms with Crippen LogP contribution in [0.2, 0.25) is 10.0 Å². The van der Waals surface area contributed by atoms with Gasteiger partial charge in [-0.15, -0.1) is 0 Å². The Morgan fingerprint density at radius 1 is 0.818 bits per heavy atom. The molecule has 2 aliphatic heterocycles. The molecule has 2 fully saturated rings. The Morgan fingerprint density at radius 2 is 1.52 bits per heavy atom. The van der Waals surface area contributed by atoms with Crippen molar-refractivity contribution >= 4 is 52.1 Å². The number of anilines is 3. The van der Waals surface area contributed by atoms with E-state index in [9.17, 15) is 9.59 Å². The highest BCUT2D eigenvalue weighted by Crippen LogP contribution is 2.48. The van der Waals surface area contributed by atoms with Crippen LogP contribution in [0.4, 0.5) is 17.1 Å². The lowest BCUT2D eigenvalue weighted by molar-refractivity contribution is -0.126. The van der Waals surface area contributed by atoms with Gasteiger partial charge in [0.25, 0.3) is 5.91 Å². The summed E-state index contributed by atoms with van der Waals surface area (Å²) in [5, 5.41) is 2.31. The van der Waals surface area contributed by atoms with Gasteiger partial charge in [-0.1, -0.05) is 53.5 Å². The number of carbonyl (C=O) groups is 2. The first-order chi connectivity index (χ1) is 15.9. The lowest BCUT2D eigenvalue weighted by Crippen LogP contribution is -2.37. The molecule has 0 bridgehead atoms. The van der Waals surface area contributed by atoms with E-state index in [0.717, 1.165) is 21.8 Å². The maximum atomic E-state index is 13.6. The van der Waals surface area contributed by atoms with Gasteiger partial charge >= 0.3 is 0 Å². The van der Waals surface area contributed by atoms with Crippen LogP contribution in [0.3, 0.4) is 0 Å². The molecule has 5 rings (SSSR count). The molecule has 33 heavy (non-hydrogen) atoms. The number of rotatable bonds is 4. The van der Waals surface area contributed by atoms with Crippen LogP contribution in [0.1, 0.15) is 11.6 Å². The third kappa shape index (κ3) is 3.64. The molecule has 2 aliphatic rings. The summed E-state index contributed by atoms with van der Waals surface area (Å²) >= 11 is 12.2. The summed E-state index contributed by atoms with van der Waals surface area (Å²) in [7, 11) is 3.93. The van der Waals surface area contributed by atoms with Crippen LogP contribution in [0.25, 0.3) is 0 Å². The highest BCUT2D eigenvalue weighted by atomic mass is 35.5. The van der Waals surface area contributed by atoms with Crippen molar-refractivity contribution in [2.24, 2.45) is 5.92 Å². The Labute approximate surface area is 201 Å². The Bertz CT molecular complexity index is 1220. The van der Waals surface area contributed by atoms with Crippen LogP contribution < -0.4 is 14.9 Å². The second kappa shape index (κ2) is 8.37. The molecule has 8 heteroatoms. The molecule has 0 radical (unpaired) electrons. The van der Waals surface area contributed by atoms with Gasteiger partial charge in [0.2, 0.25) is 5.91 Å². The number of nitrogens with zero attached hydrogens (tertiary/aromatic N) is 3. The minimum Gasteiger partial charge on any atom is -0.378 e. The van der Waals surface area contributed by atoms with E-state index < -0.39 is 24.0 Å². The molecule has 0 aromatic heterocycles. The van der Waals surface area contributed by atoms with Crippen molar-refractivity contribution < 1.29 is 14.4 Å². The van der Waals surface area contributed by atoms with Crippen LogP contribution in [-0.4, -0.2) is 32.0 Å². The minimum absolute atomic E-state index is 0.273. The van der Waals surface area contributed by atoms with E-state index in [2.05, 4.69) is 0 Å². The highest BCUT2D eigenvalue weighted by Gasteiger charge is 2.60. The fraction of sp³-hybridized carbons (Fsp3) is 0.200. The quantitative estimate of drug-likeness (QED) is 0.484. The maximum Gasteiger partial charge on any atom is 0.266 e. The summed E-state index contributed by atoms with van der Waals surface area (Å²) in [6, 6.07) is 21.6. The van der Waals surface area contributed by atoms with Crippen LogP contribution in [0.15, 0.2) is 72.8 Å². The Hall–Kier alpha value is -3.06. The first kappa shape index (κ1) is 21.8. The molecule has 0 N–H and O–H groups in total. The molecule has 0 saturated carbocycles. The molecule has 168 valence electrons. The van der Waals surface area contributed by atoms with Gasteiger partial charge in [0.1, 0.15) is 5.92 Å². The molecular formula is C25H21Cl2N3O3. The zero-order valence-electron chi connectivity index (χ0n) is 18.0. The van der Waals surface area contributed by atoms with Gasteiger partial charge in [0.05, 0.1) is 27.5 Å². The number of hydrogen-bond acceptors (Lipinski definition) is 5. The third-order valence-corrected chi connectivity index (χ3v) is 6.78. The van der Waals surface area contributed by atoms with E-state index in [4.69, 9.17) is 28.0 Å². The fourth-order valence-electron chi connectivity index (χ4n) is 4.40. The summed E-state index contributed by atoms with van der Waals surface area (Å²) in [6.45, 7) is 0. The summed E-state index contributed by atoms with van der Waals surface area (Å²) < 4.78 is 0. The number of para-hydroxylation sites is 1. The van der Waals surface area contributed by atoms with E-state index >= 15 is 0 Å². The van der Waals surface area contributed by atoms with Crippen molar-refractivity contribution in [3.8, 4) is 0 Å². The molecule has 2 amide bonds. The van der Waals surface area contributed by atoms with Crippen LogP contribution in [-0.2, 0) is 14.4 Å². The van der Waals surface area contributed by atoms with Gasteiger partial charge in [0.15, 0.2) is 6.10 Å². The summed E-state index contributed by atoms with van der Waals surface area (Å²) in [6.07, 6.45) is -0.939. The van der Waals surface area contributed by atoms with Crippen molar-refractivity contribution in [1.82, 2.24) is 0 Å². The zero-order valence-corrected chi connectivity index (χ0v) is 19.5. The Morgan fingerprint density at radius 3 is 2.15 bits per heavy atom. The monoisotopic (exact) mass is 481 g/mol. The van der Waals surface area contributed by atoms with Gasteiger partial charge < -0.3 is 4.90 Å². The first-order valence-corrected chi connectivity index (χ1v) is 11.2. The van der Waals surface area contributed by atoms with Crippen molar-refractivity contribution in [3.63, 3.8) is 0 Å². The second-order valence-corrected chi connectivity index (χ2v) is 9.07. The van der Waals surface area contributed by atoms with E-state index in [1.807, 2.05) is 73.6 Å². The van der Waals surface area contributed by atoms with Gasteiger partial charge in [-0.05, 0) is 48.0 Å². The number of imide groups is 1. The van der Waals surface area contributed by atoms with Crippen molar-refractivity contribution in [2.45, 2.75) is 12.1 Å². The predicted octanol–water partition coefficient (Wildman–Crippen LogP) is 5.11. The average Bonchev–Trinajstić information content (AvgIpc) is 3.32. The lowest BCUT2D eigenvalue weighted by Gasteiger charge is -2.29. The molecule has 0 spiro atoms. The van der Waals surface area contributed by atoms with Gasteiger partial charge in [-0.2, -0.15) is 0 Å².